The third-order valence-electron chi connectivity index (χ3n) is 3.02. The fraction of sp³-hybridized carbons (Fsp3) is 0.429. The molecule has 6 heteroatoms. The molecule has 0 saturated heterocycles. The van der Waals surface area contributed by atoms with Crippen LogP contribution >= 0.6 is 22.7 Å². The Morgan fingerprint density at radius 3 is 2.95 bits per heavy atom. The number of anilines is 1. The van der Waals surface area contributed by atoms with Crippen LogP contribution in [0, 0.1) is 0 Å². The fourth-order valence-electron chi connectivity index (χ4n) is 1.77. The van der Waals surface area contributed by atoms with Crippen molar-refractivity contribution in [1.82, 2.24) is 4.98 Å². The normalized spacial score (nSPS) is 12.2. The summed E-state index contributed by atoms with van der Waals surface area (Å²) in [7, 11) is 2.01. The smallest absolute Gasteiger partial charge is 0.357 e. The molecule has 0 fully saturated rings. The van der Waals surface area contributed by atoms with Crippen LogP contribution in [0.25, 0.3) is 0 Å². The average Bonchev–Trinajstić information content (AvgIpc) is 3.09. The maximum absolute atomic E-state index is 11.6. The highest BCUT2D eigenvalue weighted by molar-refractivity contribution is 7.14. The lowest BCUT2D eigenvalue weighted by Gasteiger charge is -2.23. The Bertz CT molecular complexity index is 551. The van der Waals surface area contributed by atoms with E-state index in [9.17, 15) is 4.79 Å². The monoisotopic (exact) mass is 310 g/mol. The largest absolute Gasteiger partial charge is 0.461 e. The Morgan fingerprint density at radius 2 is 2.30 bits per heavy atom. The molecule has 20 heavy (non-hydrogen) atoms. The molecule has 0 spiro atoms. The van der Waals surface area contributed by atoms with Gasteiger partial charge in [-0.3, -0.25) is 0 Å². The molecule has 2 rings (SSSR count). The van der Waals surface area contributed by atoms with Crippen molar-refractivity contribution in [2.75, 3.05) is 18.6 Å². The first-order chi connectivity index (χ1) is 9.61. The molecule has 0 amide bonds. The Kier molecular flexibility index (Phi) is 5.14. The second-order valence-corrected chi connectivity index (χ2v) is 6.35. The van der Waals surface area contributed by atoms with Crippen molar-refractivity contribution >= 4 is 33.8 Å². The van der Waals surface area contributed by atoms with Crippen molar-refractivity contribution in [2.45, 2.75) is 26.3 Å². The van der Waals surface area contributed by atoms with Crippen LogP contribution in [0.1, 0.15) is 29.2 Å². The van der Waals surface area contributed by atoms with Gasteiger partial charge in [0, 0.05) is 29.8 Å². The molecule has 0 aliphatic carbocycles. The van der Waals surface area contributed by atoms with Crippen molar-refractivity contribution in [2.24, 2.45) is 0 Å². The first kappa shape index (κ1) is 15.0. The number of thiazole rings is 1. The zero-order chi connectivity index (χ0) is 14.5. The third kappa shape index (κ3) is 3.58. The quantitative estimate of drug-likeness (QED) is 0.766. The third-order valence-corrected chi connectivity index (χ3v) is 4.85. The van der Waals surface area contributed by atoms with Crippen molar-refractivity contribution in [3.05, 3.63) is 33.5 Å². The predicted molar refractivity (Wildman–Crippen MR) is 84.0 cm³/mol. The van der Waals surface area contributed by atoms with E-state index in [1.165, 1.54) is 16.2 Å². The van der Waals surface area contributed by atoms with Crippen molar-refractivity contribution < 1.29 is 9.53 Å². The summed E-state index contributed by atoms with van der Waals surface area (Å²) >= 11 is 3.23. The molecular weight excluding hydrogens is 292 g/mol. The number of likely N-dealkylation sites (N-methyl/N-ethyl adjacent to an activating group) is 1. The van der Waals surface area contributed by atoms with Crippen LogP contribution in [0.15, 0.2) is 22.9 Å². The van der Waals surface area contributed by atoms with Crippen molar-refractivity contribution in [3.8, 4) is 0 Å². The number of carbonyl (C=O) groups excluding carboxylic acids is 1. The number of hydrogen-bond acceptors (Lipinski definition) is 6. The minimum atomic E-state index is -0.352. The molecule has 0 saturated carbocycles. The molecule has 0 N–H and O–H groups in total. The highest BCUT2D eigenvalue weighted by Gasteiger charge is 2.17. The molecule has 0 aromatic carbocycles. The van der Waals surface area contributed by atoms with Gasteiger partial charge in [0.05, 0.1) is 6.61 Å². The lowest BCUT2D eigenvalue weighted by atomic mass is 10.2. The van der Waals surface area contributed by atoms with Gasteiger partial charge in [-0.15, -0.1) is 22.7 Å². The summed E-state index contributed by atoms with van der Waals surface area (Å²) in [4.78, 5) is 19.4. The summed E-state index contributed by atoms with van der Waals surface area (Å²) < 4.78 is 4.96. The van der Waals surface area contributed by atoms with Crippen LogP contribution in [0.3, 0.4) is 0 Å². The number of nitrogens with zero attached hydrogens (tertiary/aromatic N) is 2. The number of carbonyl (C=O) groups is 1. The van der Waals surface area contributed by atoms with Crippen LogP contribution in [0.2, 0.25) is 0 Å². The van der Waals surface area contributed by atoms with Gasteiger partial charge in [0.15, 0.2) is 10.8 Å². The van der Waals surface area contributed by atoms with Crippen molar-refractivity contribution in [3.63, 3.8) is 0 Å². The minimum absolute atomic E-state index is 0.329. The van der Waals surface area contributed by atoms with E-state index >= 15 is 0 Å². The van der Waals surface area contributed by atoms with E-state index in [2.05, 4.69) is 34.3 Å². The van der Waals surface area contributed by atoms with Gasteiger partial charge in [-0.1, -0.05) is 6.07 Å². The molecule has 1 unspecified atom stereocenters. The molecule has 2 heterocycles. The number of esters is 1. The van der Waals surface area contributed by atoms with E-state index in [1.54, 1.807) is 23.6 Å². The molecule has 0 bridgehead atoms. The Morgan fingerprint density at radius 1 is 1.50 bits per heavy atom. The second-order valence-electron chi connectivity index (χ2n) is 4.48. The van der Waals surface area contributed by atoms with Crippen LogP contribution < -0.4 is 4.90 Å². The first-order valence-electron chi connectivity index (χ1n) is 6.49. The standard InChI is InChI=1S/C14H18N2O2S2/c1-4-18-13(17)12-9-20-14(15-12)16(3)10(2)8-11-6-5-7-19-11/h5-7,9-10H,4,8H2,1-3H3. The molecular formula is C14H18N2O2S2. The Hall–Kier alpha value is -1.40. The minimum Gasteiger partial charge on any atom is -0.461 e. The average molecular weight is 310 g/mol. The Balaban J connectivity index is 2.01. The van der Waals surface area contributed by atoms with E-state index in [-0.39, 0.29) is 5.97 Å². The van der Waals surface area contributed by atoms with Crippen LogP contribution in [-0.4, -0.2) is 30.6 Å². The van der Waals surface area contributed by atoms with E-state index < -0.39 is 0 Å². The van der Waals surface area contributed by atoms with Crippen LogP contribution in [-0.2, 0) is 11.2 Å². The van der Waals surface area contributed by atoms with Gasteiger partial charge in [0.2, 0.25) is 0 Å². The number of hydrogen-bond donors (Lipinski definition) is 0. The molecule has 2 aromatic heterocycles. The van der Waals surface area contributed by atoms with Crippen molar-refractivity contribution in [1.29, 1.82) is 0 Å². The number of rotatable bonds is 6. The molecule has 1 atom stereocenters. The van der Waals surface area contributed by atoms with Crippen LogP contribution in [0.5, 0.6) is 0 Å². The second kappa shape index (κ2) is 6.85. The molecule has 0 aliphatic heterocycles. The molecule has 108 valence electrons. The lowest BCUT2D eigenvalue weighted by Crippen LogP contribution is -2.30. The summed E-state index contributed by atoms with van der Waals surface area (Å²) in [6.45, 7) is 4.32. The number of thiophene rings is 1. The predicted octanol–water partition coefficient (Wildman–Crippen LogP) is 3.45. The SMILES string of the molecule is CCOC(=O)c1csc(N(C)C(C)Cc2cccs2)n1. The van der Waals surface area contributed by atoms with E-state index in [0.29, 0.717) is 18.3 Å². The Labute approximate surface area is 127 Å². The molecule has 2 aromatic rings. The van der Waals surface area contributed by atoms with Gasteiger partial charge in [-0.25, -0.2) is 9.78 Å². The summed E-state index contributed by atoms with van der Waals surface area (Å²) in [6.07, 6.45) is 0.975. The topological polar surface area (TPSA) is 42.4 Å². The lowest BCUT2D eigenvalue weighted by molar-refractivity contribution is 0.0520. The van der Waals surface area contributed by atoms with Gasteiger partial charge in [-0.05, 0) is 25.3 Å². The number of ether oxygens (including phenoxy) is 1. The van der Waals surface area contributed by atoms with E-state index in [0.717, 1.165) is 11.6 Å². The zero-order valence-electron chi connectivity index (χ0n) is 11.8. The molecule has 0 radical (unpaired) electrons. The highest BCUT2D eigenvalue weighted by atomic mass is 32.1. The van der Waals surface area contributed by atoms with E-state index in [4.69, 9.17) is 4.74 Å². The van der Waals surface area contributed by atoms with Crippen LogP contribution in [0.4, 0.5) is 5.13 Å². The highest BCUT2D eigenvalue weighted by Crippen LogP contribution is 2.23. The van der Waals surface area contributed by atoms with Gasteiger partial charge >= 0.3 is 5.97 Å². The first-order valence-corrected chi connectivity index (χ1v) is 8.25. The van der Waals surface area contributed by atoms with Gasteiger partial charge in [0.1, 0.15) is 0 Å². The maximum Gasteiger partial charge on any atom is 0.357 e. The fourth-order valence-corrected chi connectivity index (χ4v) is 3.46. The van der Waals surface area contributed by atoms with E-state index in [1.807, 2.05) is 7.05 Å². The summed E-state index contributed by atoms with van der Waals surface area (Å²) in [5, 5.41) is 4.68. The maximum atomic E-state index is 11.6. The van der Waals surface area contributed by atoms with Gasteiger partial charge in [0.25, 0.3) is 0 Å². The zero-order valence-corrected chi connectivity index (χ0v) is 13.5. The summed E-state index contributed by atoms with van der Waals surface area (Å²) in [5.41, 5.74) is 0.391. The molecule has 0 aliphatic rings. The van der Waals surface area contributed by atoms with Gasteiger partial charge < -0.3 is 9.64 Å². The summed E-state index contributed by atoms with van der Waals surface area (Å²) in [6, 6.07) is 4.53. The summed E-state index contributed by atoms with van der Waals surface area (Å²) in [5.74, 6) is -0.352. The van der Waals surface area contributed by atoms with Gasteiger partial charge in [-0.2, -0.15) is 0 Å². The molecule has 4 nitrogen and oxygen atoms in total. The number of aromatic nitrogens is 1.